The lowest BCUT2D eigenvalue weighted by atomic mass is 10.1. The Labute approximate surface area is 101 Å². The largest absolute Gasteiger partial charge is 0.460 e. The predicted molar refractivity (Wildman–Crippen MR) is 67.3 cm³/mol. The summed E-state index contributed by atoms with van der Waals surface area (Å²) in [6, 6.07) is 5.10. The van der Waals surface area contributed by atoms with E-state index in [0.29, 0.717) is 17.9 Å². The molecule has 0 aliphatic rings. The Morgan fingerprint density at radius 3 is 2.59 bits per heavy atom. The lowest BCUT2D eigenvalue weighted by Crippen LogP contribution is -2.13. The number of carbonyl (C=O) groups excluding carboxylic acids is 1. The maximum absolute atomic E-state index is 11.6. The van der Waals surface area contributed by atoms with Gasteiger partial charge in [-0.15, -0.1) is 0 Å². The molecule has 0 atom stereocenters. The van der Waals surface area contributed by atoms with Gasteiger partial charge in [0, 0.05) is 21.2 Å². The van der Waals surface area contributed by atoms with Crippen LogP contribution in [-0.4, -0.2) is 40.4 Å². The van der Waals surface area contributed by atoms with Crippen LogP contribution in [0.4, 0.5) is 11.4 Å². The third kappa shape index (κ3) is 3.64. The Morgan fingerprint density at radius 1 is 1.35 bits per heavy atom. The number of esters is 1. The second-order valence-corrected chi connectivity index (χ2v) is 3.80. The van der Waals surface area contributed by atoms with E-state index in [2.05, 4.69) is 0 Å². The molecule has 5 heteroatoms. The van der Waals surface area contributed by atoms with Crippen LogP contribution >= 0.6 is 0 Å². The Hall–Kier alpha value is -1.75. The van der Waals surface area contributed by atoms with Gasteiger partial charge >= 0.3 is 5.97 Å². The van der Waals surface area contributed by atoms with Gasteiger partial charge in [-0.3, -0.25) is 0 Å². The first-order valence-electron chi connectivity index (χ1n) is 5.29. The van der Waals surface area contributed by atoms with E-state index in [1.807, 2.05) is 19.0 Å². The van der Waals surface area contributed by atoms with E-state index in [9.17, 15) is 4.79 Å². The highest BCUT2D eigenvalue weighted by atomic mass is 16.6. The van der Waals surface area contributed by atoms with Crippen LogP contribution in [0.1, 0.15) is 10.4 Å². The van der Waals surface area contributed by atoms with Crippen molar-refractivity contribution < 1.29 is 14.3 Å². The molecular weight excluding hydrogens is 220 g/mol. The zero-order valence-corrected chi connectivity index (χ0v) is 10.4. The average molecular weight is 238 g/mol. The van der Waals surface area contributed by atoms with E-state index in [1.165, 1.54) is 0 Å². The van der Waals surface area contributed by atoms with E-state index in [0.717, 1.165) is 5.69 Å². The van der Waals surface area contributed by atoms with Crippen LogP contribution in [0.2, 0.25) is 0 Å². The number of rotatable bonds is 5. The summed E-state index contributed by atoms with van der Waals surface area (Å²) in [5, 5.41) is 0. The molecule has 0 unspecified atom stereocenters. The van der Waals surface area contributed by atoms with Crippen LogP contribution in [0.5, 0.6) is 0 Å². The Kier molecular flexibility index (Phi) is 4.78. The quantitative estimate of drug-likeness (QED) is 0.473. The molecule has 1 aromatic rings. The molecule has 17 heavy (non-hydrogen) atoms. The fourth-order valence-electron chi connectivity index (χ4n) is 1.39. The number of carbonyl (C=O) groups is 1. The Morgan fingerprint density at radius 2 is 2.06 bits per heavy atom. The molecule has 0 fully saturated rings. The van der Waals surface area contributed by atoms with Gasteiger partial charge in [0.25, 0.3) is 0 Å². The third-order valence-electron chi connectivity index (χ3n) is 2.27. The lowest BCUT2D eigenvalue weighted by molar-refractivity contribution is 0.0388. The number of nitrogens with two attached hydrogens (primary N) is 1. The minimum atomic E-state index is -0.390. The second-order valence-electron chi connectivity index (χ2n) is 3.80. The molecule has 2 N–H and O–H groups in total. The molecule has 5 nitrogen and oxygen atoms in total. The molecule has 0 heterocycles. The smallest absolute Gasteiger partial charge is 0.338 e. The molecule has 94 valence electrons. The van der Waals surface area contributed by atoms with Gasteiger partial charge in [-0.25, -0.2) is 4.79 Å². The fourth-order valence-corrected chi connectivity index (χ4v) is 1.39. The van der Waals surface area contributed by atoms with Crippen LogP contribution < -0.4 is 10.6 Å². The van der Waals surface area contributed by atoms with Crippen LogP contribution in [0.15, 0.2) is 18.2 Å². The van der Waals surface area contributed by atoms with Crippen LogP contribution in [0.3, 0.4) is 0 Å². The average Bonchev–Trinajstić information content (AvgIpc) is 2.28. The molecule has 0 saturated heterocycles. The van der Waals surface area contributed by atoms with Crippen molar-refractivity contribution in [1.82, 2.24) is 0 Å². The molecule has 0 aliphatic carbocycles. The number of benzene rings is 1. The minimum Gasteiger partial charge on any atom is -0.460 e. The Bertz CT molecular complexity index is 391. The summed E-state index contributed by atoms with van der Waals surface area (Å²) in [6.07, 6.45) is 0. The van der Waals surface area contributed by atoms with Gasteiger partial charge in [-0.05, 0) is 18.2 Å². The monoisotopic (exact) mass is 238 g/mol. The highest BCUT2D eigenvalue weighted by Gasteiger charge is 2.10. The van der Waals surface area contributed by atoms with Crippen molar-refractivity contribution in [2.24, 2.45) is 0 Å². The summed E-state index contributed by atoms with van der Waals surface area (Å²) in [6.45, 7) is 0.627. The van der Waals surface area contributed by atoms with E-state index >= 15 is 0 Å². The van der Waals surface area contributed by atoms with Crippen molar-refractivity contribution in [2.75, 3.05) is 45.1 Å². The number of hydrogen-bond acceptors (Lipinski definition) is 5. The van der Waals surface area contributed by atoms with Gasteiger partial charge in [0.15, 0.2) is 0 Å². The third-order valence-corrected chi connectivity index (χ3v) is 2.27. The van der Waals surface area contributed by atoms with Crippen molar-refractivity contribution >= 4 is 17.3 Å². The van der Waals surface area contributed by atoms with Gasteiger partial charge in [0.05, 0.1) is 23.5 Å². The van der Waals surface area contributed by atoms with Crippen LogP contribution in [0, 0.1) is 0 Å². The highest BCUT2D eigenvalue weighted by Crippen LogP contribution is 2.22. The number of methoxy groups -OCH3 is 1. The SMILES string of the molecule is COCCOC(=O)c1ccc(N(C)C)c(N)c1. The second kappa shape index (κ2) is 6.10. The fraction of sp³-hybridized carbons (Fsp3) is 0.417. The maximum Gasteiger partial charge on any atom is 0.338 e. The summed E-state index contributed by atoms with van der Waals surface area (Å²) >= 11 is 0. The molecule has 0 aliphatic heterocycles. The van der Waals surface area contributed by atoms with Crippen molar-refractivity contribution in [1.29, 1.82) is 0 Å². The summed E-state index contributed by atoms with van der Waals surface area (Å²) in [5.41, 5.74) is 7.71. The predicted octanol–water partition coefficient (Wildman–Crippen LogP) is 1.14. The van der Waals surface area contributed by atoms with Gasteiger partial charge < -0.3 is 20.1 Å². The maximum atomic E-state index is 11.6. The van der Waals surface area contributed by atoms with E-state index in [-0.39, 0.29) is 12.6 Å². The zero-order chi connectivity index (χ0) is 12.8. The number of hydrogen-bond donors (Lipinski definition) is 1. The molecule has 0 radical (unpaired) electrons. The molecule has 0 aromatic heterocycles. The summed E-state index contributed by atoms with van der Waals surface area (Å²) < 4.78 is 9.78. The first kappa shape index (κ1) is 13.3. The first-order chi connectivity index (χ1) is 8.06. The van der Waals surface area contributed by atoms with E-state index in [1.54, 1.807) is 25.3 Å². The zero-order valence-electron chi connectivity index (χ0n) is 10.4. The normalized spacial score (nSPS) is 10.1. The topological polar surface area (TPSA) is 64.8 Å². The van der Waals surface area contributed by atoms with Gasteiger partial charge in [-0.2, -0.15) is 0 Å². The molecule has 1 rings (SSSR count). The molecule has 1 aromatic carbocycles. The summed E-state index contributed by atoms with van der Waals surface area (Å²) in [7, 11) is 5.34. The van der Waals surface area contributed by atoms with Crippen LogP contribution in [-0.2, 0) is 9.47 Å². The molecular formula is C12H18N2O3. The standard InChI is InChI=1S/C12H18N2O3/c1-14(2)11-5-4-9(8-10(11)13)12(15)17-7-6-16-3/h4-5,8H,6-7,13H2,1-3H3. The van der Waals surface area contributed by atoms with Crippen molar-refractivity contribution in [3.63, 3.8) is 0 Å². The number of ether oxygens (including phenoxy) is 2. The molecule has 0 bridgehead atoms. The van der Waals surface area contributed by atoms with Crippen molar-refractivity contribution in [2.45, 2.75) is 0 Å². The summed E-state index contributed by atoms with van der Waals surface area (Å²) in [4.78, 5) is 13.5. The molecule has 0 amide bonds. The first-order valence-corrected chi connectivity index (χ1v) is 5.29. The molecule has 0 saturated carbocycles. The van der Waals surface area contributed by atoms with Crippen molar-refractivity contribution in [3.8, 4) is 0 Å². The molecule has 0 spiro atoms. The number of nitrogens with zero attached hydrogens (tertiary/aromatic N) is 1. The van der Waals surface area contributed by atoms with Gasteiger partial charge in [-0.1, -0.05) is 0 Å². The van der Waals surface area contributed by atoms with E-state index in [4.69, 9.17) is 15.2 Å². The Balaban J connectivity index is 2.72. The van der Waals surface area contributed by atoms with Gasteiger partial charge in [0.2, 0.25) is 0 Å². The van der Waals surface area contributed by atoms with Crippen LogP contribution in [0.25, 0.3) is 0 Å². The van der Waals surface area contributed by atoms with Gasteiger partial charge in [0.1, 0.15) is 6.61 Å². The van der Waals surface area contributed by atoms with E-state index < -0.39 is 0 Å². The number of nitrogen functional groups attached to an aromatic ring is 1. The lowest BCUT2D eigenvalue weighted by Gasteiger charge is -2.15. The number of anilines is 2. The van der Waals surface area contributed by atoms with Crippen molar-refractivity contribution in [3.05, 3.63) is 23.8 Å². The highest BCUT2D eigenvalue weighted by molar-refractivity contribution is 5.92. The minimum absolute atomic E-state index is 0.241. The summed E-state index contributed by atoms with van der Waals surface area (Å²) in [5.74, 6) is -0.390.